The maximum Gasteiger partial charge on any atom is 0.270 e. The van der Waals surface area contributed by atoms with Crippen molar-refractivity contribution >= 4 is 33.3 Å². The molecular weight excluding hydrogens is 344 g/mol. The number of hydrogen-bond donors (Lipinski definition) is 2. The number of nitrogens with zero attached hydrogens (tertiary/aromatic N) is 2. The molecule has 6 heteroatoms. The molecule has 0 saturated carbocycles. The molecule has 0 bridgehead atoms. The molecule has 0 radical (unpaired) electrons. The smallest absolute Gasteiger partial charge is 0.270 e. The van der Waals surface area contributed by atoms with Gasteiger partial charge in [-0.15, -0.1) is 0 Å². The van der Waals surface area contributed by atoms with Crippen LogP contribution in [0.15, 0.2) is 34.8 Å². The van der Waals surface area contributed by atoms with Crippen LogP contribution in [0.3, 0.4) is 0 Å². The zero-order valence-corrected chi connectivity index (χ0v) is 14.4. The Morgan fingerprint density at radius 2 is 2.09 bits per heavy atom. The minimum Gasteiger partial charge on any atom is -0.348 e. The summed E-state index contributed by atoms with van der Waals surface area (Å²) in [6.45, 7) is 5.76. The van der Waals surface area contributed by atoms with Gasteiger partial charge in [0.05, 0.1) is 0 Å². The van der Waals surface area contributed by atoms with E-state index in [-0.39, 0.29) is 11.9 Å². The maximum absolute atomic E-state index is 12.2. The summed E-state index contributed by atoms with van der Waals surface area (Å²) in [4.78, 5) is 20.7. The number of carbonyl (C=O) groups is 1. The van der Waals surface area contributed by atoms with Crippen LogP contribution >= 0.6 is 15.9 Å². The SMILES string of the molecule is CCC(C)NC(=O)c1cc(Nc2cccc(Br)c2)nc(C)n1. The van der Waals surface area contributed by atoms with E-state index in [1.165, 1.54) is 0 Å². The van der Waals surface area contributed by atoms with Crippen LogP contribution in [0.5, 0.6) is 0 Å². The van der Waals surface area contributed by atoms with E-state index >= 15 is 0 Å². The molecule has 22 heavy (non-hydrogen) atoms. The Labute approximate surface area is 138 Å². The molecule has 0 aliphatic carbocycles. The third-order valence-corrected chi connectivity index (χ3v) is 3.65. The second-order valence-electron chi connectivity index (χ2n) is 5.10. The van der Waals surface area contributed by atoms with Gasteiger partial charge >= 0.3 is 0 Å². The Bertz CT molecular complexity index is 675. The third kappa shape index (κ3) is 4.53. The van der Waals surface area contributed by atoms with Crippen LogP contribution in [0, 0.1) is 6.92 Å². The average Bonchev–Trinajstić information content (AvgIpc) is 2.46. The summed E-state index contributed by atoms with van der Waals surface area (Å²) >= 11 is 3.43. The van der Waals surface area contributed by atoms with Crippen LogP contribution in [0.25, 0.3) is 0 Å². The molecule has 0 aliphatic rings. The van der Waals surface area contributed by atoms with Gasteiger partial charge in [0.1, 0.15) is 17.3 Å². The number of benzene rings is 1. The molecule has 1 atom stereocenters. The summed E-state index contributed by atoms with van der Waals surface area (Å²) in [6.07, 6.45) is 0.874. The molecule has 0 fully saturated rings. The van der Waals surface area contributed by atoms with Crippen molar-refractivity contribution in [3.05, 3.63) is 46.3 Å². The number of aromatic nitrogens is 2. The first-order chi connectivity index (χ1) is 10.5. The highest BCUT2D eigenvalue weighted by Gasteiger charge is 2.12. The molecule has 0 spiro atoms. The van der Waals surface area contributed by atoms with Crippen LogP contribution in [-0.2, 0) is 0 Å². The van der Waals surface area contributed by atoms with Crippen molar-refractivity contribution in [3.8, 4) is 0 Å². The predicted molar refractivity (Wildman–Crippen MR) is 91.4 cm³/mol. The number of halogens is 1. The second-order valence-corrected chi connectivity index (χ2v) is 6.02. The van der Waals surface area contributed by atoms with Crippen LogP contribution in [0.4, 0.5) is 11.5 Å². The molecule has 1 amide bonds. The number of anilines is 2. The highest BCUT2D eigenvalue weighted by atomic mass is 79.9. The first-order valence-electron chi connectivity index (χ1n) is 7.17. The number of rotatable bonds is 5. The number of amides is 1. The minimum atomic E-state index is -0.183. The summed E-state index contributed by atoms with van der Waals surface area (Å²) in [5.41, 5.74) is 1.26. The van der Waals surface area contributed by atoms with Gasteiger partial charge < -0.3 is 10.6 Å². The molecule has 116 valence electrons. The van der Waals surface area contributed by atoms with Crippen molar-refractivity contribution in [2.24, 2.45) is 0 Å². The van der Waals surface area contributed by atoms with Crippen molar-refractivity contribution < 1.29 is 4.79 Å². The Morgan fingerprint density at radius 1 is 1.32 bits per heavy atom. The summed E-state index contributed by atoms with van der Waals surface area (Å²) in [6, 6.07) is 9.52. The Balaban J connectivity index is 2.21. The highest BCUT2D eigenvalue weighted by Crippen LogP contribution is 2.19. The van der Waals surface area contributed by atoms with E-state index in [0.29, 0.717) is 17.3 Å². The standard InChI is InChI=1S/C16H19BrN4O/c1-4-10(2)18-16(22)14-9-15(20-11(3)19-14)21-13-7-5-6-12(17)8-13/h5-10H,4H2,1-3H3,(H,18,22)(H,19,20,21). The van der Waals surface area contributed by atoms with Gasteiger partial charge in [-0.2, -0.15) is 0 Å². The zero-order chi connectivity index (χ0) is 16.1. The fourth-order valence-corrected chi connectivity index (χ4v) is 2.26. The van der Waals surface area contributed by atoms with E-state index in [4.69, 9.17) is 0 Å². The van der Waals surface area contributed by atoms with E-state index in [0.717, 1.165) is 16.6 Å². The van der Waals surface area contributed by atoms with Crippen molar-refractivity contribution in [3.63, 3.8) is 0 Å². The molecule has 1 aromatic carbocycles. The second kappa shape index (κ2) is 7.35. The first-order valence-corrected chi connectivity index (χ1v) is 7.96. The Hall–Kier alpha value is -1.95. The fourth-order valence-electron chi connectivity index (χ4n) is 1.86. The van der Waals surface area contributed by atoms with E-state index < -0.39 is 0 Å². The lowest BCUT2D eigenvalue weighted by molar-refractivity contribution is 0.0934. The van der Waals surface area contributed by atoms with E-state index in [9.17, 15) is 4.79 Å². The molecule has 2 rings (SSSR count). The van der Waals surface area contributed by atoms with Crippen LogP contribution < -0.4 is 10.6 Å². The molecule has 2 aromatic rings. The molecule has 2 N–H and O–H groups in total. The minimum absolute atomic E-state index is 0.115. The average molecular weight is 363 g/mol. The van der Waals surface area contributed by atoms with Crippen LogP contribution in [-0.4, -0.2) is 21.9 Å². The lowest BCUT2D eigenvalue weighted by Crippen LogP contribution is -2.32. The summed E-state index contributed by atoms with van der Waals surface area (Å²) in [5.74, 6) is 0.964. The highest BCUT2D eigenvalue weighted by molar-refractivity contribution is 9.10. The van der Waals surface area contributed by atoms with Gasteiger partial charge in [0.2, 0.25) is 0 Å². The van der Waals surface area contributed by atoms with Gasteiger partial charge in [0, 0.05) is 22.3 Å². The largest absolute Gasteiger partial charge is 0.348 e. The van der Waals surface area contributed by atoms with Gasteiger partial charge in [0.25, 0.3) is 5.91 Å². The fraction of sp³-hybridized carbons (Fsp3) is 0.312. The van der Waals surface area contributed by atoms with Gasteiger partial charge in [-0.05, 0) is 38.5 Å². The molecular formula is C16H19BrN4O. The van der Waals surface area contributed by atoms with Crippen molar-refractivity contribution in [2.45, 2.75) is 33.2 Å². The van der Waals surface area contributed by atoms with Gasteiger partial charge in [-0.25, -0.2) is 9.97 Å². The molecule has 0 aliphatic heterocycles. The quantitative estimate of drug-likeness (QED) is 0.848. The Kier molecular flexibility index (Phi) is 5.49. The summed E-state index contributed by atoms with van der Waals surface area (Å²) in [5, 5.41) is 6.10. The first kappa shape index (κ1) is 16.4. The maximum atomic E-state index is 12.2. The summed E-state index contributed by atoms with van der Waals surface area (Å²) < 4.78 is 0.970. The van der Waals surface area contributed by atoms with Gasteiger partial charge in [-0.1, -0.05) is 28.9 Å². The van der Waals surface area contributed by atoms with E-state index in [1.54, 1.807) is 13.0 Å². The molecule has 1 unspecified atom stereocenters. The monoisotopic (exact) mass is 362 g/mol. The normalized spacial score (nSPS) is 11.8. The third-order valence-electron chi connectivity index (χ3n) is 3.16. The molecule has 5 nitrogen and oxygen atoms in total. The van der Waals surface area contributed by atoms with Crippen molar-refractivity contribution in [1.29, 1.82) is 0 Å². The van der Waals surface area contributed by atoms with Crippen molar-refractivity contribution in [1.82, 2.24) is 15.3 Å². The predicted octanol–water partition coefficient (Wildman–Crippen LogP) is 3.82. The van der Waals surface area contributed by atoms with Crippen LogP contribution in [0.2, 0.25) is 0 Å². The Morgan fingerprint density at radius 3 is 2.77 bits per heavy atom. The van der Waals surface area contributed by atoms with E-state index in [2.05, 4.69) is 36.5 Å². The molecule has 1 heterocycles. The topological polar surface area (TPSA) is 66.9 Å². The van der Waals surface area contributed by atoms with Gasteiger partial charge in [-0.3, -0.25) is 4.79 Å². The molecule has 0 saturated heterocycles. The van der Waals surface area contributed by atoms with Crippen molar-refractivity contribution in [2.75, 3.05) is 5.32 Å². The number of aryl methyl sites for hydroxylation is 1. The number of hydrogen-bond acceptors (Lipinski definition) is 4. The van der Waals surface area contributed by atoms with Gasteiger partial charge in [0.15, 0.2) is 0 Å². The number of carbonyl (C=O) groups excluding carboxylic acids is 1. The number of nitrogens with one attached hydrogen (secondary N) is 2. The van der Waals surface area contributed by atoms with Crippen LogP contribution in [0.1, 0.15) is 36.6 Å². The lowest BCUT2D eigenvalue weighted by Gasteiger charge is -2.12. The summed E-state index contributed by atoms with van der Waals surface area (Å²) in [7, 11) is 0. The zero-order valence-electron chi connectivity index (χ0n) is 12.9. The lowest BCUT2D eigenvalue weighted by atomic mass is 10.2. The van der Waals surface area contributed by atoms with E-state index in [1.807, 2.05) is 38.1 Å². The molecule has 1 aromatic heterocycles.